The molecule has 1 aliphatic heterocycles. The molecule has 0 bridgehead atoms. The number of nitrogens with zero attached hydrogens (tertiary/aromatic N) is 1. The Morgan fingerprint density at radius 1 is 1.57 bits per heavy atom. The summed E-state index contributed by atoms with van der Waals surface area (Å²) in [6.07, 6.45) is 1.21. The van der Waals surface area contributed by atoms with Crippen molar-refractivity contribution in [1.29, 1.82) is 0 Å². The van der Waals surface area contributed by atoms with Crippen LogP contribution in [0.1, 0.15) is 32.1 Å². The smallest absolute Gasteiger partial charge is 0.317 e. The maximum atomic E-state index is 12.2. The summed E-state index contributed by atoms with van der Waals surface area (Å²) in [5, 5.41) is 13.1. The number of hydrogen-bond donors (Lipinski definition) is 2. The molecule has 1 fully saturated rings. The largest absolute Gasteiger partial charge is 0.467 e. The molecule has 1 aromatic rings. The van der Waals surface area contributed by atoms with Crippen molar-refractivity contribution in [2.45, 2.75) is 32.4 Å². The Morgan fingerprint density at radius 2 is 2.38 bits per heavy atom. The highest BCUT2D eigenvalue weighted by atomic mass is 16.5. The standard InChI is InChI=1S/C15H24N2O4/c1-11(2)9-16-15(19)17-5-7-20-10-12(17)8-13(18)14-4-3-6-21-14/h3-4,6,11-13,18H,5,7-10H2,1-2H3,(H,16,19)/t12-,13+/m1/s1. The first-order valence-electron chi connectivity index (χ1n) is 7.41. The summed E-state index contributed by atoms with van der Waals surface area (Å²) in [6, 6.07) is 3.23. The van der Waals surface area contributed by atoms with E-state index < -0.39 is 6.10 Å². The van der Waals surface area contributed by atoms with E-state index in [2.05, 4.69) is 19.2 Å². The van der Waals surface area contributed by atoms with Crippen LogP contribution in [0.25, 0.3) is 0 Å². The van der Waals surface area contributed by atoms with E-state index in [9.17, 15) is 9.90 Å². The van der Waals surface area contributed by atoms with E-state index in [0.29, 0.717) is 44.4 Å². The van der Waals surface area contributed by atoms with Crippen LogP contribution in [-0.2, 0) is 4.74 Å². The second kappa shape index (κ2) is 7.47. The number of carbonyl (C=O) groups excluding carboxylic acids is 1. The van der Waals surface area contributed by atoms with Gasteiger partial charge in [0.25, 0.3) is 0 Å². The molecule has 1 aliphatic rings. The molecule has 1 aromatic heterocycles. The van der Waals surface area contributed by atoms with E-state index in [1.165, 1.54) is 6.26 Å². The van der Waals surface area contributed by atoms with E-state index in [0.717, 1.165) is 0 Å². The van der Waals surface area contributed by atoms with Crippen molar-refractivity contribution in [2.24, 2.45) is 5.92 Å². The van der Waals surface area contributed by atoms with Crippen LogP contribution in [0.5, 0.6) is 0 Å². The zero-order valence-electron chi connectivity index (χ0n) is 12.6. The van der Waals surface area contributed by atoms with Crippen molar-refractivity contribution in [3.63, 3.8) is 0 Å². The fraction of sp³-hybridized carbons (Fsp3) is 0.667. The first kappa shape index (κ1) is 15.9. The predicted octanol–water partition coefficient (Wildman–Crippen LogP) is 1.77. The van der Waals surface area contributed by atoms with Crippen molar-refractivity contribution in [1.82, 2.24) is 10.2 Å². The molecular formula is C15H24N2O4. The Hall–Kier alpha value is -1.53. The molecule has 0 spiro atoms. The molecule has 2 N–H and O–H groups in total. The number of aliphatic hydroxyl groups excluding tert-OH is 1. The Kier molecular flexibility index (Phi) is 5.64. The SMILES string of the molecule is CC(C)CNC(=O)N1CCOC[C@H]1C[C@H](O)c1ccco1. The number of ether oxygens (including phenoxy) is 1. The van der Waals surface area contributed by atoms with Gasteiger partial charge in [-0.15, -0.1) is 0 Å². The van der Waals surface area contributed by atoms with Gasteiger partial charge in [0.1, 0.15) is 11.9 Å². The van der Waals surface area contributed by atoms with Gasteiger partial charge in [-0.25, -0.2) is 4.79 Å². The molecule has 0 saturated carbocycles. The van der Waals surface area contributed by atoms with Gasteiger partial charge in [-0.2, -0.15) is 0 Å². The fourth-order valence-electron chi connectivity index (χ4n) is 2.37. The van der Waals surface area contributed by atoms with Gasteiger partial charge >= 0.3 is 6.03 Å². The number of hydrogen-bond acceptors (Lipinski definition) is 4. The minimum Gasteiger partial charge on any atom is -0.467 e. The van der Waals surface area contributed by atoms with Crippen molar-refractivity contribution < 1.29 is 19.1 Å². The number of urea groups is 1. The predicted molar refractivity (Wildman–Crippen MR) is 77.8 cm³/mol. The summed E-state index contributed by atoms with van der Waals surface area (Å²) in [5.74, 6) is 0.922. The molecule has 2 atom stereocenters. The number of carbonyl (C=O) groups is 1. The van der Waals surface area contributed by atoms with Crippen LogP contribution < -0.4 is 5.32 Å². The molecule has 6 nitrogen and oxygen atoms in total. The number of amides is 2. The summed E-state index contributed by atoms with van der Waals surface area (Å²) in [6.45, 7) is 6.26. The summed E-state index contributed by atoms with van der Waals surface area (Å²) in [7, 11) is 0. The molecule has 21 heavy (non-hydrogen) atoms. The van der Waals surface area contributed by atoms with E-state index in [1.54, 1.807) is 17.0 Å². The van der Waals surface area contributed by atoms with E-state index in [1.807, 2.05) is 0 Å². The Labute approximate surface area is 125 Å². The molecule has 2 amide bonds. The van der Waals surface area contributed by atoms with E-state index in [4.69, 9.17) is 9.15 Å². The third kappa shape index (κ3) is 4.47. The third-order valence-corrected chi connectivity index (χ3v) is 3.52. The van der Waals surface area contributed by atoms with Gasteiger partial charge in [0.05, 0.1) is 25.5 Å². The highest BCUT2D eigenvalue weighted by molar-refractivity contribution is 5.74. The second-order valence-electron chi connectivity index (χ2n) is 5.77. The normalized spacial score (nSPS) is 20.6. The first-order chi connectivity index (χ1) is 10.1. The molecule has 0 aromatic carbocycles. The monoisotopic (exact) mass is 296 g/mol. The lowest BCUT2D eigenvalue weighted by atomic mass is 10.1. The maximum Gasteiger partial charge on any atom is 0.317 e. The van der Waals surface area contributed by atoms with E-state index >= 15 is 0 Å². The van der Waals surface area contributed by atoms with Crippen molar-refractivity contribution in [2.75, 3.05) is 26.3 Å². The first-order valence-corrected chi connectivity index (χ1v) is 7.41. The van der Waals surface area contributed by atoms with Crippen LogP contribution >= 0.6 is 0 Å². The number of rotatable bonds is 5. The molecule has 1 saturated heterocycles. The molecule has 118 valence electrons. The number of nitrogens with one attached hydrogen (secondary N) is 1. The molecule has 2 rings (SSSR count). The molecular weight excluding hydrogens is 272 g/mol. The molecule has 2 heterocycles. The summed E-state index contributed by atoms with van der Waals surface area (Å²) < 4.78 is 10.6. The van der Waals surface area contributed by atoms with Gasteiger partial charge < -0.3 is 24.5 Å². The van der Waals surface area contributed by atoms with Crippen molar-refractivity contribution in [3.8, 4) is 0 Å². The van der Waals surface area contributed by atoms with Crippen LogP contribution in [0, 0.1) is 5.92 Å². The van der Waals surface area contributed by atoms with Crippen molar-refractivity contribution in [3.05, 3.63) is 24.2 Å². The quantitative estimate of drug-likeness (QED) is 0.868. The molecule has 0 radical (unpaired) electrons. The average molecular weight is 296 g/mol. The Balaban J connectivity index is 1.93. The Morgan fingerprint density at radius 3 is 3.05 bits per heavy atom. The number of morpholine rings is 1. The van der Waals surface area contributed by atoms with Crippen LogP contribution in [0.15, 0.2) is 22.8 Å². The third-order valence-electron chi connectivity index (χ3n) is 3.52. The zero-order valence-corrected chi connectivity index (χ0v) is 12.6. The molecule has 6 heteroatoms. The summed E-state index contributed by atoms with van der Waals surface area (Å²) >= 11 is 0. The lowest BCUT2D eigenvalue weighted by Crippen LogP contribution is -2.53. The van der Waals surface area contributed by atoms with Crippen molar-refractivity contribution >= 4 is 6.03 Å². The topological polar surface area (TPSA) is 74.9 Å². The second-order valence-corrected chi connectivity index (χ2v) is 5.77. The number of furan rings is 1. The molecule has 0 aliphatic carbocycles. The fourth-order valence-corrected chi connectivity index (χ4v) is 2.37. The van der Waals surface area contributed by atoms with Gasteiger partial charge in [-0.1, -0.05) is 13.8 Å². The average Bonchev–Trinajstić information content (AvgIpc) is 2.99. The molecule has 0 unspecified atom stereocenters. The lowest BCUT2D eigenvalue weighted by Gasteiger charge is -2.36. The minimum absolute atomic E-state index is 0.0938. The lowest BCUT2D eigenvalue weighted by molar-refractivity contribution is -0.00976. The highest BCUT2D eigenvalue weighted by Crippen LogP contribution is 2.23. The van der Waals surface area contributed by atoms with Crippen LogP contribution in [-0.4, -0.2) is 48.4 Å². The van der Waals surface area contributed by atoms with Gasteiger partial charge in [-0.05, 0) is 18.1 Å². The van der Waals surface area contributed by atoms with Gasteiger partial charge in [0, 0.05) is 19.5 Å². The minimum atomic E-state index is -0.730. The maximum absolute atomic E-state index is 12.2. The highest BCUT2D eigenvalue weighted by Gasteiger charge is 2.30. The van der Waals surface area contributed by atoms with Crippen LogP contribution in [0.3, 0.4) is 0 Å². The van der Waals surface area contributed by atoms with Gasteiger partial charge in [-0.3, -0.25) is 0 Å². The van der Waals surface area contributed by atoms with Crippen LogP contribution in [0.2, 0.25) is 0 Å². The summed E-state index contributed by atoms with van der Waals surface area (Å²) in [5.41, 5.74) is 0. The van der Waals surface area contributed by atoms with Gasteiger partial charge in [0.15, 0.2) is 0 Å². The van der Waals surface area contributed by atoms with E-state index in [-0.39, 0.29) is 12.1 Å². The van der Waals surface area contributed by atoms with Crippen LogP contribution in [0.4, 0.5) is 4.79 Å². The number of aliphatic hydroxyl groups is 1. The zero-order chi connectivity index (χ0) is 15.2. The Bertz CT molecular complexity index is 433. The summed E-state index contributed by atoms with van der Waals surface area (Å²) in [4.78, 5) is 14.0. The van der Waals surface area contributed by atoms with Gasteiger partial charge in [0.2, 0.25) is 0 Å².